The fourth-order valence-corrected chi connectivity index (χ4v) is 9.92. The highest BCUT2D eigenvalue weighted by Gasteiger charge is 2.86. The van der Waals surface area contributed by atoms with Crippen LogP contribution in [0.15, 0.2) is 18.2 Å². The van der Waals surface area contributed by atoms with Gasteiger partial charge in [-0.05, 0) is 82.9 Å². The van der Waals surface area contributed by atoms with E-state index in [-0.39, 0.29) is 11.5 Å². The minimum absolute atomic E-state index is 0.343. The predicted molar refractivity (Wildman–Crippen MR) is 154 cm³/mol. The van der Waals surface area contributed by atoms with Crippen molar-refractivity contribution in [3.8, 4) is 0 Å². The number of aliphatic hydroxyl groups excluding tert-OH is 2. The third kappa shape index (κ3) is 3.25. The van der Waals surface area contributed by atoms with E-state index in [0.717, 1.165) is 30.3 Å². The fourth-order valence-electron chi connectivity index (χ4n) is 9.92. The van der Waals surface area contributed by atoms with Crippen molar-refractivity contribution in [2.45, 2.75) is 138 Å². The zero-order valence-electron chi connectivity index (χ0n) is 25.5. The van der Waals surface area contributed by atoms with Crippen LogP contribution in [0.1, 0.15) is 84.0 Å². The first-order valence-corrected chi connectivity index (χ1v) is 15.4. The molecule has 5 aliphatic rings. The highest BCUT2D eigenvalue weighted by molar-refractivity contribution is 5.89. The first-order chi connectivity index (χ1) is 19.1. The molecule has 0 radical (unpaired) electrons. The predicted octanol–water partition coefficient (Wildman–Crippen LogP) is 3.29. The van der Waals surface area contributed by atoms with Gasteiger partial charge in [0.15, 0.2) is 5.60 Å². The number of nitrogens with one attached hydrogen (secondary N) is 1. The lowest BCUT2D eigenvalue weighted by Crippen LogP contribution is -2.76. The lowest BCUT2D eigenvalue weighted by atomic mass is 9.40. The van der Waals surface area contributed by atoms with E-state index in [1.54, 1.807) is 21.0 Å². The Kier molecular flexibility index (Phi) is 5.75. The molecule has 8 nitrogen and oxygen atoms in total. The maximum atomic E-state index is 12.9. The molecule has 226 valence electrons. The van der Waals surface area contributed by atoms with Gasteiger partial charge in [-0.1, -0.05) is 26.0 Å². The third-order valence-electron chi connectivity index (χ3n) is 12.8. The number of H-pyrrole nitrogens is 1. The average molecular weight is 570 g/mol. The van der Waals surface area contributed by atoms with Gasteiger partial charge in [0.1, 0.15) is 23.9 Å². The molecule has 4 fully saturated rings. The van der Waals surface area contributed by atoms with E-state index in [0.29, 0.717) is 25.2 Å². The maximum absolute atomic E-state index is 12.9. The summed E-state index contributed by atoms with van der Waals surface area (Å²) in [6.45, 7) is 11.7. The van der Waals surface area contributed by atoms with Crippen molar-refractivity contribution in [1.29, 1.82) is 0 Å². The number of fused-ring (bicyclic) bond motifs is 7. The molecule has 10 atom stereocenters. The molecule has 1 spiro atoms. The van der Waals surface area contributed by atoms with Crippen molar-refractivity contribution in [3.63, 3.8) is 0 Å². The molecule has 5 N–H and O–H groups in total. The van der Waals surface area contributed by atoms with Crippen LogP contribution in [0.4, 0.5) is 0 Å². The first kappa shape index (κ1) is 28.3. The minimum Gasteiger partial charge on any atom is -0.390 e. The van der Waals surface area contributed by atoms with E-state index < -0.39 is 52.2 Å². The van der Waals surface area contributed by atoms with E-state index in [2.05, 4.69) is 31.0 Å². The van der Waals surface area contributed by atoms with E-state index in [9.17, 15) is 20.4 Å². The van der Waals surface area contributed by atoms with Gasteiger partial charge in [-0.25, -0.2) is 0 Å². The molecule has 1 aromatic heterocycles. The quantitative estimate of drug-likeness (QED) is 0.350. The Morgan fingerprint density at radius 3 is 2.56 bits per heavy atom. The fraction of sp³-hybridized carbons (Fsp3) is 0.758. The summed E-state index contributed by atoms with van der Waals surface area (Å²) < 4.78 is 18.4. The van der Waals surface area contributed by atoms with Crippen molar-refractivity contribution in [3.05, 3.63) is 35.0 Å². The van der Waals surface area contributed by atoms with Crippen LogP contribution < -0.4 is 0 Å². The average Bonchev–Trinajstić information content (AvgIpc) is 3.48. The van der Waals surface area contributed by atoms with Crippen LogP contribution in [-0.2, 0) is 32.5 Å². The van der Waals surface area contributed by atoms with E-state index in [1.165, 1.54) is 16.6 Å². The molecular weight excluding hydrogens is 522 g/mol. The number of epoxide rings is 1. The van der Waals surface area contributed by atoms with Crippen LogP contribution in [-0.4, -0.2) is 85.4 Å². The van der Waals surface area contributed by atoms with Gasteiger partial charge in [-0.2, -0.15) is 0 Å². The van der Waals surface area contributed by atoms with Crippen molar-refractivity contribution < 1.29 is 34.6 Å². The zero-order valence-corrected chi connectivity index (χ0v) is 25.5. The number of aliphatic hydroxyl groups is 4. The van der Waals surface area contributed by atoms with Crippen molar-refractivity contribution in [2.24, 2.45) is 11.3 Å². The van der Waals surface area contributed by atoms with Gasteiger partial charge in [-0.3, -0.25) is 0 Å². The topological polar surface area (TPSA) is 128 Å². The SMILES string of the molecule is COC(C)(C)[C@@H](O)Cc1cccc2[nH]c3c(c12)C[C@@H]1CC[C@@]2(O)[C@@]45O[C@@H]4[C@H](O)[C@@H](C(C)(C)O)O[C@H]5CC[C@]2(C)[C@@]31C. The molecule has 3 heterocycles. The molecule has 2 saturated carbocycles. The van der Waals surface area contributed by atoms with Gasteiger partial charge in [-0.15, -0.1) is 0 Å². The number of methoxy groups -OCH3 is 1. The molecule has 8 heteroatoms. The van der Waals surface area contributed by atoms with Crippen LogP contribution in [0.2, 0.25) is 0 Å². The molecule has 7 rings (SSSR count). The summed E-state index contributed by atoms with van der Waals surface area (Å²) in [4.78, 5) is 3.81. The van der Waals surface area contributed by atoms with E-state index in [1.807, 2.05) is 19.9 Å². The number of benzene rings is 1. The summed E-state index contributed by atoms with van der Waals surface area (Å²) in [6, 6.07) is 6.26. The second kappa shape index (κ2) is 8.35. The monoisotopic (exact) mass is 569 g/mol. The molecular formula is C33H47NO7. The van der Waals surface area contributed by atoms with Crippen LogP contribution in [0.3, 0.4) is 0 Å². The molecule has 0 amide bonds. The number of aromatic amines is 1. The number of aromatic nitrogens is 1. The smallest absolute Gasteiger partial charge is 0.152 e. The van der Waals surface area contributed by atoms with Crippen LogP contribution >= 0.6 is 0 Å². The number of hydrogen-bond acceptors (Lipinski definition) is 7. The summed E-state index contributed by atoms with van der Waals surface area (Å²) in [5, 5.41) is 47.2. The molecule has 0 unspecified atom stereocenters. The van der Waals surface area contributed by atoms with Gasteiger partial charge in [0, 0.05) is 41.0 Å². The molecule has 2 aliphatic heterocycles. The van der Waals surface area contributed by atoms with Crippen LogP contribution in [0, 0.1) is 11.3 Å². The van der Waals surface area contributed by atoms with Gasteiger partial charge in [0.2, 0.25) is 0 Å². The van der Waals surface area contributed by atoms with Gasteiger partial charge in [0.05, 0.1) is 23.4 Å². The highest BCUT2D eigenvalue weighted by atomic mass is 16.7. The second-order valence-electron chi connectivity index (χ2n) is 15.2. The molecule has 0 bridgehead atoms. The second-order valence-corrected chi connectivity index (χ2v) is 15.2. The lowest BCUT2D eigenvalue weighted by Gasteiger charge is -2.66. The minimum atomic E-state index is -1.22. The van der Waals surface area contributed by atoms with Crippen molar-refractivity contribution in [2.75, 3.05) is 7.11 Å². The van der Waals surface area contributed by atoms with Crippen LogP contribution in [0.25, 0.3) is 10.9 Å². The first-order valence-electron chi connectivity index (χ1n) is 15.4. The Hall–Kier alpha value is -1.52. The van der Waals surface area contributed by atoms with Gasteiger partial charge >= 0.3 is 0 Å². The summed E-state index contributed by atoms with van der Waals surface area (Å²) in [6.07, 6.45) is 0.870. The molecule has 3 aliphatic carbocycles. The third-order valence-corrected chi connectivity index (χ3v) is 12.8. The Balaban J connectivity index is 1.31. The van der Waals surface area contributed by atoms with Crippen LogP contribution in [0.5, 0.6) is 0 Å². The molecule has 41 heavy (non-hydrogen) atoms. The maximum Gasteiger partial charge on any atom is 0.152 e. The summed E-state index contributed by atoms with van der Waals surface area (Å²) in [5.41, 5.74) is -0.322. The number of hydrogen-bond donors (Lipinski definition) is 5. The van der Waals surface area contributed by atoms with E-state index >= 15 is 0 Å². The van der Waals surface area contributed by atoms with E-state index in [4.69, 9.17) is 14.2 Å². The van der Waals surface area contributed by atoms with Crippen molar-refractivity contribution in [1.82, 2.24) is 4.98 Å². The zero-order chi connectivity index (χ0) is 29.5. The Labute approximate surface area is 242 Å². The van der Waals surface area contributed by atoms with Gasteiger partial charge in [0.25, 0.3) is 0 Å². The Morgan fingerprint density at radius 2 is 1.88 bits per heavy atom. The molecule has 2 aromatic rings. The molecule has 2 saturated heterocycles. The number of rotatable bonds is 5. The largest absolute Gasteiger partial charge is 0.390 e. The Bertz CT molecular complexity index is 1400. The Morgan fingerprint density at radius 1 is 1.15 bits per heavy atom. The lowest BCUT2D eigenvalue weighted by molar-refractivity contribution is -0.280. The normalized spacial score (nSPS) is 44.0. The van der Waals surface area contributed by atoms with Gasteiger partial charge < -0.3 is 39.6 Å². The summed E-state index contributed by atoms with van der Waals surface area (Å²) in [5.74, 6) is 0.343. The van der Waals surface area contributed by atoms with Crippen molar-refractivity contribution >= 4 is 10.9 Å². The number of ether oxygens (including phenoxy) is 3. The summed E-state index contributed by atoms with van der Waals surface area (Å²) in [7, 11) is 1.63. The summed E-state index contributed by atoms with van der Waals surface area (Å²) >= 11 is 0. The highest BCUT2D eigenvalue weighted by Crippen LogP contribution is 2.75. The molecule has 1 aromatic carbocycles. The standard InChI is InChI=1S/C33H47NO7/c1-28(2,37)26-24(36)27-33(41-27)22(40-26)12-13-30(5)31(6)18(11-14-32(30,33)38)16-19-23-17(15-21(35)29(3,4)39-7)9-8-10-20(23)34-25(19)31/h8-10,18,21-22,24,26-27,34-38H,11-16H2,1-7H3/t18-,21-,22-,24+,26-,27+,30+,31+,32-,33-/m0/s1.